The fraction of sp³-hybridized carbons (Fsp3) is 0.200. The molecule has 0 bridgehead atoms. The van der Waals surface area contributed by atoms with Crippen LogP contribution in [0.25, 0.3) is 0 Å². The highest BCUT2D eigenvalue weighted by Crippen LogP contribution is 2.31. The van der Waals surface area contributed by atoms with Crippen molar-refractivity contribution in [2.24, 2.45) is 4.99 Å². The molecule has 0 fully saturated rings. The maximum absolute atomic E-state index is 12.6. The van der Waals surface area contributed by atoms with Crippen molar-refractivity contribution in [3.8, 4) is 5.75 Å². The molecule has 1 aromatic heterocycles. The second kappa shape index (κ2) is 5.67. The molecule has 2 aromatic rings. The number of hydrogen-bond donors (Lipinski definition) is 1. The van der Waals surface area contributed by atoms with Crippen molar-refractivity contribution < 1.29 is 22.7 Å². The van der Waals surface area contributed by atoms with Gasteiger partial charge in [-0.1, -0.05) is 6.07 Å². The molecule has 2 rings (SSSR count). The van der Waals surface area contributed by atoms with Crippen LogP contribution in [0.15, 0.2) is 44.5 Å². The minimum absolute atomic E-state index is 0.0201. The number of halogens is 3. The van der Waals surface area contributed by atoms with Crippen LogP contribution in [0.5, 0.6) is 5.75 Å². The number of hydrogen-bond acceptors (Lipinski definition) is 4. The number of nitrogens with zero attached hydrogens (tertiary/aromatic N) is 1. The minimum atomic E-state index is -4.48. The summed E-state index contributed by atoms with van der Waals surface area (Å²) in [6, 6.07) is 5.60. The maximum atomic E-state index is 12.6. The van der Waals surface area contributed by atoms with Gasteiger partial charge in [0.15, 0.2) is 0 Å². The van der Waals surface area contributed by atoms with Gasteiger partial charge in [0, 0.05) is 6.07 Å². The van der Waals surface area contributed by atoms with E-state index in [0.717, 1.165) is 12.1 Å². The van der Waals surface area contributed by atoms with Crippen LogP contribution < -0.4 is 5.63 Å². The Balaban J connectivity index is 2.49. The molecule has 4 nitrogen and oxygen atoms in total. The van der Waals surface area contributed by atoms with E-state index in [4.69, 9.17) is 4.42 Å². The Hall–Kier alpha value is -2.57. The molecule has 0 aliphatic heterocycles. The zero-order chi connectivity index (χ0) is 16.5. The normalized spacial score (nSPS) is 12.5. The molecule has 0 atom stereocenters. The number of benzene rings is 1. The Morgan fingerprint density at radius 3 is 2.55 bits per heavy atom. The van der Waals surface area contributed by atoms with Crippen LogP contribution in [-0.4, -0.2) is 10.8 Å². The molecule has 1 heterocycles. The molecule has 0 unspecified atom stereocenters. The number of aromatic hydroxyl groups is 1. The zero-order valence-corrected chi connectivity index (χ0v) is 11.7. The molecule has 0 radical (unpaired) electrons. The molecule has 116 valence electrons. The van der Waals surface area contributed by atoms with Crippen molar-refractivity contribution in [1.29, 1.82) is 0 Å². The molecular formula is C15H12F3NO3. The van der Waals surface area contributed by atoms with Crippen LogP contribution in [0, 0.1) is 6.92 Å². The van der Waals surface area contributed by atoms with E-state index in [-0.39, 0.29) is 28.5 Å². The first-order chi connectivity index (χ1) is 10.2. The summed E-state index contributed by atoms with van der Waals surface area (Å²) in [5.74, 6) is -0.111. The summed E-state index contributed by atoms with van der Waals surface area (Å²) < 4.78 is 42.8. The SMILES string of the molecule is CC(=Nc1cccc(C(F)(F)F)c1)c1c(O)cc(C)oc1=O. The number of aryl methyl sites for hydroxylation is 1. The Morgan fingerprint density at radius 1 is 1.27 bits per heavy atom. The number of rotatable bonds is 2. The van der Waals surface area contributed by atoms with E-state index in [9.17, 15) is 23.1 Å². The van der Waals surface area contributed by atoms with Gasteiger partial charge in [-0.15, -0.1) is 0 Å². The standard InChI is InChI=1S/C15H12F3NO3/c1-8-6-12(20)13(14(21)22-8)9(2)19-11-5-3-4-10(7-11)15(16,17)18/h3-7,20H,1-2H3. The first kappa shape index (κ1) is 15.8. The lowest BCUT2D eigenvalue weighted by atomic mass is 10.1. The van der Waals surface area contributed by atoms with Gasteiger partial charge in [0.25, 0.3) is 0 Å². The Labute approximate surface area is 123 Å². The lowest BCUT2D eigenvalue weighted by Gasteiger charge is -2.07. The molecule has 0 spiro atoms. The highest BCUT2D eigenvalue weighted by molar-refractivity contribution is 6.01. The monoisotopic (exact) mass is 311 g/mol. The van der Waals surface area contributed by atoms with E-state index in [1.165, 1.54) is 32.0 Å². The zero-order valence-electron chi connectivity index (χ0n) is 11.7. The molecule has 0 aliphatic carbocycles. The summed E-state index contributed by atoms with van der Waals surface area (Å²) >= 11 is 0. The Bertz CT molecular complexity index is 791. The Morgan fingerprint density at radius 2 is 1.95 bits per heavy atom. The van der Waals surface area contributed by atoms with Crippen LogP contribution in [-0.2, 0) is 6.18 Å². The third-order valence-corrected chi connectivity index (χ3v) is 2.89. The van der Waals surface area contributed by atoms with Crippen LogP contribution in [0.2, 0.25) is 0 Å². The average molecular weight is 311 g/mol. The molecule has 0 aliphatic rings. The summed E-state index contributed by atoms with van der Waals surface area (Å²) in [4.78, 5) is 15.7. The van der Waals surface area contributed by atoms with E-state index in [1.54, 1.807) is 0 Å². The van der Waals surface area contributed by atoms with Crippen LogP contribution in [0.4, 0.5) is 18.9 Å². The molecular weight excluding hydrogens is 299 g/mol. The van der Waals surface area contributed by atoms with Gasteiger partial charge in [0.2, 0.25) is 0 Å². The topological polar surface area (TPSA) is 62.8 Å². The van der Waals surface area contributed by atoms with Crippen LogP contribution >= 0.6 is 0 Å². The summed E-state index contributed by atoms with van der Waals surface area (Å²) in [6.45, 7) is 2.89. The fourth-order valence-corrected chi connectivity index (χ4v) is 1.93. The smallest absolute Gasteiger partial charge is 0.416 e. The third-order valence-electron chi connectivity index (χ3n) is 2.89. The summed E-state index contributed by atoms with van der Waals surface area (Å²) in [5.41, 5.74) is -1.74. The van der Waals surface area contributed by atoms with Crippen molar-refractivity contribution >= 4 is 11.4 Å². The van der Waals surface area contributed by atoms with E-state index in [0.29, 0.717) is 0 Å². The van der Waals surface area contributed by atoms with E-state index in [1.807, 2.05) is 0 Å². The van der Waals surface area contributed by atoms with Gasteiger partial charge in [-0.25, -0.2) is 4.79 Å². The van der Waals surface area contributed by atoms with Crippen molar-refractivity contribution in [3.63, 3.8) is 0 Å². The molecule has 22 heavy (non-hydrogen) atoms. The van der Waals surface area contributed by atoms with E-state index >= 15 is 0 Å². The third kappa shape index (κ3) is 3.36. The second-order valence-electron chi connectivity index (χ2n) is 4.65. The molecule has 0 saturated carbocycles. The molecule has 1 aromatic carbocycles. The van der Waals surface area contributed by atoms with Gasteiger partial charge in [-0.3, -0.25) is 4.99 Å². The maximum Gasteiger partial charge on any atom is 0.416 e. The minimum Gasteiger partial charge on any atom is -0.507 e. The summed E-state index contributed by atoms with van der Waals surface area (Å²) in [6.07, 6.45) is -4.48. The van der Waals surface area contributed by atoms with E-state index < -0.39 is 17.4 Å². The number of alkyl halides is 3. The predicted molar refractivity (Wildman–Crippen MR) is 74.7 cm³/mol. The quantitative estimate of drug-likeness (QED) is 0.858. The van der Waals surface area contributed by atoms with Gasteiger partial charge in [0.1, 0.15) is 17.1 Å². The summed E-state index contributed by atoms with van der Waals surface area (Å²) in [7, 11) is 0. The van der Waals surface area contributed by atoms with Gasteiger partial charge in [-0.05, 0) is 32.0 Å². The van der Waals surface area contributed by atoms with Gasteiger partial charge in [0.05, 0.1) is 17.0 Å². The van der Waals surface area contributed by atoms with Gasteiger partial charge >= 0.3 is 11.8 Å². The first-order valence-corrected chi connectivity index (χ1v) is 6.25. The van der Waals surface area contributed by atoms with Gasteiger partial charge < -0.3 is 9.52 Å². The predicted octanol–water partition coefficient (Wildman–Crippen LogP) is 3.81. The first-order valence-electron chi connectivity index (χ1n) is 6.25. The lowest BCUT2D eigenvalue weighted by molar-refractivity contribution is -0.137. The lowest BCUT2D eigenvalue weighted by Crippen LogP contribution is -2.13. The Kier molecular flexibility index (Phi) is 4.07. The van der Waals surface area contributed by atoms with Crippen molar-refractivity contribution in [3.05, 3.63) is 57.6 Å². The van der Waals surface area contributed by atoms with Gasteiger partial charge in [-0.2, -0.15) is 13.2 Å². The highest BCUT2D eigenvalue weighted by atomic mass is 19.4. The fourth-order valence-electron chi connectivity index (χ4n) is 1.93. The van der Waals surface area contributed by atoms with Crippen LogP contribution in [0.3, 0.4) is 0 Å². The second-order valence-corrected chi connectivity index (χ2v) is 4.65. The van der Waals surface area contributed by atoms with Crippen molar-refractivity contribution in [1.82, 2.24) is 0 Å². The van der Waals surface area contributed by atoms with Crippen molar-refractivity contribution in [2.45, 2.75) is 20.0 Å². The van der Waals surface area contributed by atoms with Crippen molar-refractivity contribution in [2.75, 3.05) is 0 Å². The largest absolute Gasteiger partial charge is 0.507 e. The van der Waals surface area contributed by atoms with E-state index in [2.05, 4.69) is 4.99 Å². The average Bonchev–Trinajstić information content (AvgIpc) is 2.36. The number of aliphatic imine (C=N–C) groups is 1. The molecule has 0 amide bonds. The molecule has 7 heteroatoms. The summed E-state index contributed by atoms with van der Waals surface area (Å²) in [5, 5.41) is 9.78. The highest BCUT2D eigenvalue weighted by Gasteiger charge is 2.30. The molecule has 1 N–H and O–H groups in total. The molecule has 0 saturated heterocycles. The van der Waals surface area contributed by atoms with Crippen LogP contribution in [0.1, 0.15) is 23.8 Å².